The van der Waals surface area contributed by atoms with Crippen molar-refractivity contribution in [2.75, 3.05) is 5.32 Å². The lowest BCUT2D eigenvalue weighted by atomic mass is 10.1. The SMILES string of the molecule is Cc1noc(C)c1CNc1cccc(C(=O)O)c1[N+](=O)[O-]. The van der Waals surface area contributed by atoms with Crippen LogP contribution in [0.2, 0.25) is 0 Å². The van der Waals surface area contributed by atoms with Gasteiger partial charge in [-0.15, -0.1) is 0 Å². The van der Waals surface area contributed by atoms with Crippen LogP contribution in [0.25, 0.3) is 0 Å². The van der Waals surface area contributed by atoms with Gasteiger partial charge in [0, 0.05) is 12.1 Å². The minimum absolute atomic E-state index is 0.139. The van der Waals surface area contributed by atoms with Gasteiger partial charge in [0.05, 0.1) is 10.6 Å². The zero-order valence-electron chi connectivity index (χ0n) is 11.4. The molecule has 0 saturated carbocycles. The fourth-order valence-corrected chi connectivity index (χ4v) is 1.99. The highest BCUT2D eigenvalue weighted by Crippen LogP contribution is 2.29. The van der Waals surface area contributed by atoms with Gasteiger partial charge in [0.2, 0.25) is 0 Å². The van der Waals surface area contributed by atoms with E-state index < -0.39 is 16.6 Å². The lowest BCUT2D eigenvalue weighted by Crippen LogP contribution is -2.08. The summed E-state index contributed by atoms with van der Waals surface area (Å²) >= 11 is 0. The number of anilines is 1. The summed E-state index contributed by atoms with van der Waals surface area (Å²) in [7, 11) is 0. The Morgan fingerprint density at radius 2 is 2.19 bits per heavy atom. The Kier molecular flexibility index (Phi) is 3.88. The van der Waals surface area contributed by atoms with Crippen molar-refractivity contribution in [3.8, 4) is 0 Å². The number of nitrogens with zero attached hydrogens (tertiary/aromatic N) is 2. The second kappa shape index (κ2) is 5.61. The van der Waals surface area contributed by atoms with Crippen molar-refractivity contribution in [2.24, 2.45) is 0 Å². The van der Waals surface area contributed by atoms with E-state index in [1.165, 1.54) is 18.2 Å². The maximum absolute atomic E-state index is 11.1. The molecule has 2 rings (SSSR count). The Labute approximate surface area is 119 Å². The van der Waals surface area contributed by atoms with E-state index in [9.17, 15) is 14.9 Å². The summed E-state index contributed by atoms with van der Waals surface area (Å²) in [6, 6.07) is 4.11. The molecule has 0 fully saturated rings. The number of carbonyl (C=O) groups is 1. The molecule has 0 amide bonds. The summed E-state index contributed by atoms with van der Waals surface area (Å²) in [5, 5.41) is 26.8. The molecule has 1 heterocycles. The van der Waals surface area contributed by atoms with Gasteiger partial charge < -0.3 is 14.9 Å². The highest BCUT2D eigenvalue weighted by molar-refractivity contribution is 5.95. The predicted molar refractivity (Wildman–Crippen MR) is 73.4 cm³/mol. The van der Waals surface area contributed by atoms with Crippen LogP contribution in [0.5, 0.6) is 0 Å². The first-order valence-electron chi connectivity index (χ1n) is 6.08. The summed E-state index contributed by atoms with van der Waals surface area (Å²) in [5.41, 5.74) is 0.780. The molecule has 0 spiro atoms. The molecule has 0 radical (unpaired) electrons. The van der Waals surface area contributed by atoms with Crippen LogP contribution in [0.15, 0.2) is 22.7 Å². The number of hydrogen-bond donors (Lipinski definition) is 2. The number of nitro groups is 1. The average molecular weight is 291 g/mol. The van der Waals surface area contributed by atoms with Gasteiger partial charge in [-0.25, -0.2) is 4.79 Å². The molecule has 1 aromatic heterocycles. The quantitative estimate of drug-likeness (QED) is 0.641. The number of nitro benzene ring substituents is 1. The summed E-state index contributed by atoms with van der Waals surface area (Å²) in [4.78, 5) is 21.5. The molecule has 0 aliphatic rings. The molecular weight excluding hydrogens is 278 g/mol. The summed E-state index contributed by atoms with van der Waals surface area (Å²) in [6.45, 7) is 3.75. The second-order valence-electron chi connectivity index (χ2n) is 4.42. The molecule has 2 aromatic rings. The normalized spacial score (nSPS) is 10.4. The maximum atomic E-state index is 11.1. The standard InChI is InChI=1S/C13H13N3O5/c1-7-10(8(2)21-15-7)6-14-11-5-3-4-9(13(17)18)12(11)16(19)20/h3-5,14H,6H2,1-2H3,(H,17,18). The summed E-state index contributed by atoms with van der Waals surface area (Å²) < 4.78 is 5.01. The first-order valence-corrected chi connectivity index (χ1v) is 6.08. The van der Waals surface area contributed by atoms with E-state index in [1.807, 2.05) is 0 Å². The first kappa shape index (κ1) is 14.5. The summed E-state index contributed by atoms with van der Waals surface area (Å²) in [5.74, 6) is -0.736. The smallest absolute Gasteiger partial charge is 0.342 e. The molecule has 0 atom stereocenters. The van der Waals surface area contributed by atoms with Crippen LogP contribution in [0.3, 0.4) is 0 Å². The molecule has 8 heteroatoms. The third-order valence-electron chi connectivity index (χ3n) is 3.09. The van der Waals surface area contributed by atoms with Gasteiger partial charge in [-0.1, -0.05) is 11.2 Å². The van der Waals surface area contributed by atoms with Gasteiger partial charge in [0.15, 0.2) is 0 Å². The third-order valence-corrected chi connectivity index (χ3v) is 3.09. The lowest BCUT2D eigenvalue weighted by molar-refractivity contribution is -0.384. The van der Waals surface area contributed by atoms with Gasteiger partial charge >= 0.3 is 11.7 Å². The van der Waals surface area contributed by atoms with Crippen molar-refractivity contribution >= 4 is 17.3 Å². The van der Waals surface area contributed by atoms with Crippen molar-refractivity contribution < 1.29 is 19.3 Å². The Hall–Kier alpha value is -2.90. The highest BCUT2D eigenvalue weighted by Gasteiger charge is 2.24. The molecular formula is C13H13N3O5. The zero-order chi connectivity index (χ0) is 15.6. The topological polar surface area (TPSA) is 118 Å². The van der Waals surface area contributed by atoms with Crippen LogP contribution in [0.4, 0.5) is 11.4 Å². The summed E-state index contributed by atoms with van der Waals surface area (Å²) in [6.07, 6.45) is 0. The molecule has 2 N–H and O–H groups in total. The number of aromatic carboxylic acids is 1. The van der Waals surface area contributed by atoms with Crippen molar-refractivity contribution in [3.05, 3.63) is 50.9 Å². The number of rotatable bonds is 5. The van der Waals surface area contributed by atoms with E-state index >= 15 is 0 Å². The van der Waals surface area contributed by atoms with Gasteiger partial charge in [-0.2, -0.15) is 0 Å². The number of aromatic nitrogens is 1. The lowest BCUT2D eigenvalue weighted by Gasteiger charge is -2.08. The molecule has 21 heavy (non-hydrogen) atoms. The van der Waals surface area contributed by atoms with E-state index in [1.54, 1.807) is 13.8 Å². The largest absolute Gasteiger partial charge is 0.477 e. The third kappa shape index (κ3) is 2.83. The van der Waals surface area contributed by atoms with E-state index in [2.05, 4.69) is 10.5 Å². The number of benzene rings is 1. The van der Waals surface area contributed by atoms with Crippen LogP contribution in [0.1, 0.15) is 27.4 Å². The molecule has 0 aliphatic carbocycles. The van der Waals surface area contributed by atoms with Crippen LogP contribution in [-0.4, -0.2) is 21.2 Å². The van der Waals surface area contributed by atoms with Crippen molar-refractivity contribution in [1.29, 1.82) is 0 Å². The second-order valence-corrected chi connectivity index (χ2v) is 4.42. The number of carboxylic acid groups (broad SMARTS) is 1. The molecule has 0 saturated heterocycles. The Morgan fingerprint density at radius 3 is 2.71 bits per heavy atom. The number of nitrogens with one attached hydrogen (secondary N) is 1. The molecule has 110 valence electrons. The Balaban J connectivity index is 2.34. The van der Waals surface area contributed by atoms with Crippen LogP contribution in [-0.2, 0) is 6.54 Å². The van der Waals surface area contributed by atoms with E-state index in [4.69, 9.17) is 9.63 Å². The van der Waals surface area contributed by atoms with Crippen LogP contribution in [0, 0.1) is 24.0 Å². The maximum Gasteiger partial charge on any atom is 0.342 e. The van der Waals surface area contributed by atoms with Gasteiger partial charge in [-0.3, -0.25) is 10.1 Å². The van der Waals surface area contributed by atoms with E-state index in [-0.39, 0.29) is 17.8 Å². The zero-order valence-corrected chi connectivity index (χ0v) is 11.4. The van der Waals surface area contributed by atoms with Crippen molar-refractivity contribution in [2.45, 2.75) is 20.4 Å². The van der Waals surface area contributed by atoms with Crippen LogP contribution >= 0.6 is 0 Å². The monoisotopic (exact) mass is 291 g/mol. The average Bonchev–Trinajstić information content (AvgIpc) is 2.75. The molecule has 8 nitrogen and oxygen atoms in total. The molecule has 1 aromatic carbocycles. The number of hydrogen-bond acceptors (Lipinski definition) is 6. The molecule has 0 aliphatic heterocycles. The van der Waals surface area contributed by atoms with Crippen molar-refractivity contribution in [1.82, 2.24) is 5.16 Å². The number of para-hydroxylation sites is 1. The van der Waals surface area contributed by atoms with Crippen LogP contribution < -0.4 is 5.32 Å². The van der Waals surface area contributed by atoms with Crippen molar-refractivity contribution in [3.63, 3.8) is 0 Å². The highest BCUT2D eigenvalue weighted by atomic mass is 16.6. The van der Waals surface area contributed by atoms with E-state index in [0.29, 0.717) is 11.5 Å². The Morgan fingerprint density at radius 1 is 1.48 bits per heavy atom. The fourth-order valence-electron chi connectivity index (χ4n) is 1.99. The van der Waals surface area contributed by atoms with Gasteiger partial charge in [0.1, 0.15) is 17.0 Å². The van der Waals surface area contributed by atoms with Gasteiger partial charge in [0.25, 0.3) is 0 Å². The predicted octanol–water partition coefficient (Wildman–Crippen LogP) is 2.51. The molecule has 0 bridgehead atoms. The minimum Gasteiger partial charge on any atom is -0.477 e. The Bertz CT molecular complexity index is 688. The molecule has 0 unspecified atom stereocenters. The fraction of sp³-hybridized carbons (Fsp3) is 0.231. The van der Waals surface area contributed by atoms with E-state index in [0.717, 1.165) is 5.56 Å². The first-order chi connectivity index (χ1) is 9.91. The van der Waals surface area contributed by atoms with Gasteiger partial charge in [-0.05, 0) is 26.0 Å². The number of carboxylic acids is 1. The minimum atomic E-state index is -1.34. The number of aryl methyl sites for hydroxylation is 2.